The second-order valence-electron chi connectivity index (χ2n) is 9.53. The fourth-order valence-corrected chi connectivity index (χ4v) is 3.60. The van der Waals surface area contributed by atoms with Gasteiger partial charge in [-0.2, -0.15) is 0 Å². The Morgan fingerprint density at radius 1 is 0.806 bits per heavy atom. The average molecular weight is 417 g/mol. The van der Waals surface area contributed by atoms with Crippen molar-refractivity contribution in [3.05, 3.63) is 95.1 Å². The van der Waals surface area contributed by atoms with Crippen molar-refractivity contribution in [3.63, 3.8) is 0 Å². The number of esters is 1. The Balaban J connectivity index is 1.64. The minimum Gasteiger partial charge on any atom is -0.482 e. The molecule has 0 aliphatic rings. The van der Waals surface area contributed by atoms with Gasteiger partial charge in [-0.25, -0.2) is 4.79 Å². The second kappa shape index (κ2) is 8.97. The molecule has 0 heterocycles. The summed E-state index contributed by atoms with van der Waals surface area (Å²) in [7, 11) is 0. The normalized spacial score (nSPS) is 11.8. The quantitative estimate of drug-likeness (QED) is 0.335. The lowest BCUT2D eigenvalue weighted by atomic mass is 9.78. The third-order valence-corrected chi connectivity index (χ3v) is 5.60. The maximum absolute atomic E-state index is 12.4. The smallest absolute Gasteiger partial charge is 0.349 e. The van der Waals surface area contributed by atoms with Gasteiger partial charge in [0.15, 0.2) is 6.61 Å². The number of aryl methyl sites for hydroxylation is 1. The zero-order valence-electron chi connectivity index (χ0n) is 19.4. The summed E-state index contributed by atoms with van der Waals surface area (Å²) < 4.78 is 11.3. The van der Waals surface area contributed by atoms with Crippen molar-refractivity contribution in [3.8, 4) is 11.5 Å². The van der Waals surface area contributed by atoms with E-state index in [2.05, 4.69) is 65.0 Å². The summed E-state index contributed by atoms with van der Waals surface area (Å²) in [6.45, 7) is 12.6. The Kier molecular flexibility index (Phi) is 6.54. The van der Waals surface area contributed by atoms with Crippen LogP contribution in [-0.4, -0.2) is 12.6 Å². The van der Waals surface area contributed by atoms with Crippen LogP contribution < -0.4 is 9.47 Å². The first-order chi connectivity index (χ1) is 14.6. The van der Waals surface area contributed by atoms with Crippen LogP contribution >= 0.6 is 0 Å². The highest BCUT2D eigenvalue weighted by molar-refractivity contribution is 5.74. The molecule has 3 heteroatoms. The second-order valence-corrected chi connectivity index (χ2v) is 9.53. The molecule has 0 N–H and O–H groups in total. The predicted molar refractivity (Wildman–Crippen MR) is 126 cm³/mol. The van der Waals surface area contributed by atoms with E-state index in [9.17, 15) is 4.79 Å². The van der Waals surface area contributed by atoms with Gasteiger partial charge in [-0.1, -0.05) is 94.8 Å². The number of benzene rings is 3. The van der Waals surface area contributed by atoms with Gasteiger partial charge in [0.05, 0.1) is 0 Å². The molecule has 3 nitrogen and oxygen atoms in total. The van der Waals surface area contributed by atoms with Crippen LogP contribution in [0, 0.1) is 6.92 Å². The first kappa shape index (κ1) is 22.6. The molecule has 0 atom stereocenters. The van der Waals surface area contributed by atoms with Gasteiger partial charge in [0.1, 0.15) is 11.5 Å². The molecular formula is C28H32O3. The highest BCUT2D eigenvalue weighted by Crippen LogP contribution is 2.33. The van der Waals surface area contributed by atoms with Crippen molar-refractivity contribution in [2.75, 3.05) is 6.61 Å². The van der Waals surface area contributed by atoms with Crippen molar-refractivity contribution in [2.24, 2.45) is 0 Å². The van der Waals surface area contributed by atoms with Gasteiger partial charge in [-0.3, -0.25) is 0 Å². The molecule has 0 unspecified atom stereocenters. The van der Waals surface area contributed by atoms with E-state index in [0.717, 1.165) is 11.1 Å². The standard InChI is InChI=1S/C28H32O3/c1-20-12-17-25(24(18-20)27(2,3)4)31-26(29)19-30-23-15-13-22(14-16-23)28(5,6)21-10-8-7-9-11-21/h7-18H,19H2,1-6H3. The molecule has 0 saturated carbocycles. The van der Waals surface area contributed by atoms with E-state index >= 15 is 0 Å². The van der Waals surface area contributed by atoms with Crippen molar-refractivity contribution in [1.29, 1.82) is 0 Å². The maximum Gasteiger partial charge on any atom is 0.349 e. The molecule has 3 aromatic rings. The Labute approximate surface area is 186 Å². The van der Waals surface area contributed by atoms with Crippen molar-refractivity contribution >= 4 is 5.97 Å². The number of carbonyl (C=O) groups is 1. The summed E-state index contributed by atoms with van der Waals surface area (Å²) in [4.78, 5) is 12.4. The summed E-state index contributed by atoms with van der Waals surface area (Å²) in [6, 6.07) is 24.2. The minimum atomic E-state index is -0.414. The molecule has 162 valence electrons. The fourth-order valence-electron chi connectivity index (χ4n) is 3.60. The van der Waals surface area contributed by atoms with Crippen molar-refractivity contribution in [1.82, 2.24) is 0 Å². The Hall–Kier alpha value is -3.07. The average Bonchev–Trinajstić information content (AvgIpc) is 2.74. The lowest BCUT2D eigenvalue weighted by molar-refractivity contribution is -0.136. The third-order valence-electron chi connectivity index (χ3n) is 5.60. The number of hydrogen-bond donors (Lipinski definition) is 0. The Morgan fingerprint density at radius 2 is 1.42 bits per heavy atom. The van der Waals surface area contributed by atoms with Gasteiger partial charge in [0.2, 0.25) is 0 Å². The zero-order chi connectivity index (χ0) is 22.6. The van der Waals surface area contributed by atoms with Gasteiger partial charge in [0.25, 0.3) is 0 Å². The van der Waals surface area contributed by atoms with Crippen LogP contribution in [0.5, 0.6) is 11.5 Å². The topological polar surface area (TPSA) is 35.5 Å². The van der Waals surface area contributed by atoms with E-state index in [1.807, 2.05) is 49.4 Å². The highest BCUT2D eigenvalue weighted by atomic mass is 16.6. The Morgan fingerprint density at radius 3 is 2.03 bits per heavy atom. The molecule has 0 aromatic heterocycles. The van der Waals surface area contributed by atoms with Crippen LogP contribution in [0.15, 0.2) is 72.8 Å². The zero-order valence-corrected chi connectivity index (χ0v) is 19.4. The first-order valence-corrected chi connectivity index (χ1v) is 10.7. The van der Waals surface area contributed by atoms with E-state index < -0.39 is 5.97 Å². The summed E-state index contributed by atoms with van der Waals surface area (Å²) in [6.07, 6.45) is 0. The number of carbonyl (C=O) groups excluding carboxylic acids is 1. The molecular weight excluding hydrogens is 384 g/mol. The number of hydrogen-bond acceptors (Lipinski definition) is 3. The van der Waals surface area contributed by atoms with E-state index in [4.69, 9.17) is 9.47 Å². The number of ether oxygens (including phenoxy) is 2. The molecule has 0 saturated heterocycles. The van der Waals surface area contributed by atoms with Crippen LogP contribution in [0.25, 0.3) is 0 Å². The fraction of sp³-hybridized carbons (Fsp3) is 0.321. The van der Waals surface area contributed by atoms with Crippen molar-refractivity contribution < 1.29 is 14.3 Å². The highest BCUT2D eigenvalue weighted by Gasteiger charge is 2.23. The van der Waals surface area contributed by atoms with E-state index in [0.29, 0.717) is 11.5 Å². The van der Waals surface area contributed by atoms with Crippen LogP contribution in [0.2, 0.25) is 0 Å². The maximum atomic E-state index is 12.4. The van der Waals surface area contributed by atoms with E-state index in [1.165, 1.54) is 11.1 Å². The monoisotopic (exact) mass is 416 g/mol. The van der Waals surface area contributed by atoms with Gasteiger partial charge >= 0.3 is 5.97 Å². The van der Waals surface area contributed by atoms with Gasteiger partial charge in [0, 0.05) is 11.0 Å². The van der Waals surface area contributed by atoms with Crippen LogP contribution in [0.3, 0.4) is 0 Å². The summed E-state index contributed by atoms with van der Waals surface area (Å²) in [5.74, 6) is 0.819. The van der Waals surface area contributed by atoms with Crippen molar-refractivity contribution in [2.45, 2.75) is 52.4 Å². The summed E-state index contributed by atoms with van der Waals surface area (Å²) in [5, 5.41) is 0. The molecule has 0 amide bonds. The van der Waals surface area contributed by atoms with E-state index in [-0.39, 0.29) is 17.4 Å². The lowest BCUT2D eigenvalue weighted by Crippen LogP contribution is -2.21. The molecule has 0 aliphatic carbocycles. The third kappa shape index (κ3) is 5.55. The molecule has 0 radical (unpaired) electrons. The molecule has 3 rings (SSSR count). The summed E-state index contributed by atoms with van der Waals surface area (Å²) >= 11 is 0. The molecule has 0 spiro atoms. The van der Waals surface area contributed by atoms with E-state index in [1.54, 1.807) is 0 Å². The molecule has 0 fully saturated rings. The lowest BCUT2D eigenvalue weighted by Gasteiger charge is -2.26. The Bertz CT molecular complexity index is 1030. The van der Waals surface area contributed by atoms with Crippen LogP contribution in [-0.2, 0) is 15.6 Å². The summed E-state index contributed by atoms with van der Waals surface area (Å²) in [5.41, 5.74) is 4.34. The van der Waals surface area contributed by atoms with Crippen LogP contribution in [0.4, 0.5) is 0 Å². The minimum absolute atomic E-state index is 0.118. The number of rotatable bonds is 6. The molecule has 0 bridgehead atoms. The SMILES string of the molecule is Cc1ccc(OC(=O)COc2ccc(C(C)(C)c3ccccc3)cc2)c(C(C)(C)C)c1. The molecule has 3 aromatic carbocycles. The first-order valence-electron chi connectivity index (χ1n) is 10.7. The largest absolute Gasteiger partial charge is 0.482 e. The molecule has 31 heavy (non-hydrogen) atoms. The van der Waals surface area contributed by atoms with Gasteiger partial charge in [-0.05, 0) is 41.7 Å². The van der Waals surface area contributed by atoms with Crippen LogP contribution in [0.1, 0.15) is 56.9 Å². The van der Waals surface area contributed by atoms with Gasteiger partial charge < -0.3 is 9.47 Å². The predicted octanol–water partition coefficient (Wildman–Crippen LogP) is 6.60. The molecule has 0 aliphatic heterocycles. The van der Waals surface area contributed by atoms with Gasteiger partial charge in [-0.15, -0.1) is 0 Å².